The standard InChI is InChI=1S/C25H18Br2N2O6/c1-33-21-9-15(8-19(27)23(21)34-13-14-3-2-4-16(7-14)25(31)32)12-28-29-24(30)22-11-17-10-18(26)5-6-20(17)35-22/h2-12H,13H2,1H3,(H,29,30)(H,31,32)/b28-12+. The van der Waals surface area contributed by atoms with E-state index in [1.807, 2.05) is 12.1 Å². The van der Waals surface area contributed by atoms with Crippen molar-refractivity contribution in [3.8, 4) is 11.5 Å². The lowest BCUT2D eigenvalue weighted by atomic mass is 10.1. The molecule has 0 saturated carbocycles. The van der Waals surface area contributed by atoms with Crippen molar-refractivity contribution in [3.63, 3.8) is 0 Å². The number of hydrazone groups is 1. The number of nitrogens with zero attached hydrogens (tertiary/aromatic N) is 1. The Morgan fingerprint density at radius 3 is 2.71 bits per heavy atom. The number of amides is 1. The highest BCUT2D eigenvalue weighted by Crippen LogP contribution is 2.37. The summed E-state index contributed by atoms with van der Waals surface area (Å²) in [6.45, 7) is 0.146. The van der Waals surface area contributed by atoms with Gasteiger partial charge in [0.1, 0.15) is 12.2 Å². The van der Waals surface area contributed by atoms with E-state index in [2.05, 4.69) is 42.4 Å². The number of rotatable bonds is 8. The molecule has 1 aromatic heterocycles. The summed E-state index contributed by atoms with van der Waals surface area (Å²) in [7, 11) is 1.50. The largest absolute Gasteiger partial charge is 0.493 e. The lowest BCUT2D eigenvalue weighted by molar-refractivity contribution is 0.0696. The van der Waals surface area contributed by atoms with Crippen LogP contribution < -0.4 is 14.9 Å². The van der Waals surface area contributed by atoms with Gasteiger partial charge in [0.05, 0.1) is 23.4 Å². The van der Waals surface area contributed by atoms with Gasteiger partial charge in [-0.25, -0.2) is 10.2 Å². The van der Waals surface area contributed by atoms with Gasteiger partial charge in [0.15, 0.2) is 17.3 Å². The minimum atomic E-state index is -1.00. The van der Waals surface area contributed by atoms with Crippen LogP contribution in [0.3, 0.4) is 0 Å². The first-order chi connectivity index (χ1) is 16.8. The molecular formula is C25H18Br2N2O6. The monoisotopic (exact) mass is 600 g/mol. The Kier molecular flexibility index (Phi) is 7.52. The van der Waals surface area contributed by atoms with Gasteiger partial charge in [-0.15, -0.1) is 0 Å². The summed E-state index contributed by atoms with van der Waals surface area (Å²) >= 11 is 6.85. The van der Waals surface area contributed by atoms with Crippen molar-refractivity contribution >= 4 is 60.9 Å². The molecule has 0 atom stereocenters. The molecule has 8 nitrogen and oxygen atoms in total. The Hall–Kier alpha value is -3.63. The molecule has 35 heavy (non-hydrogen) atoms. The molecule has 10 heteroatoms. The van der Waals surface area contributed by atoms with Gasteiger partial charge in [-0.3, -0.25) is 4.79 Å². The molecule has 0 unspecified atom stereocenters. The number of hydrogen-bond acceptors (Lipinski definition) is 6. The van der Waals surface area contributed by atoms with E-state index in [1.54, 1.807) is 42.5 Å². The molecule has 0 aliphatic carbocycles. The number of fused-ring (bicyclic) bond motifs is 1. The Bertz CT molecular complexity index is 1450. The zero-order valence-corrected chi connectivity index (χ0v) is 21.4. The van der Waals surface area contributed by atoms with Crippen LogP contribution in [0.1, 0.15) is 32.0 Å². The predicted octanol–water partition coefficient (Wildman–Crippen LogP) is 6.01. The minimum absolute atomic E-state index is 0.143. The van der Waals surface area contributed by atoms with Crippen LogP contribution in [0.4, 0.5) is 0 Å². The number of aromatic carboxylic acids is 1. The molecule has 1 heterocycles. The lowest BCUT2D eigenvalue weighted by Crippen LogP contribution is -2.16. The molecule has 0 fully saturated rings. The van der Waals surface area contributed by atoms with Crippen molar-refractivity contribution < 1.29 is 28.6 Å². The van der Waals surface area contributed by atoms with Crippen LogP contribution in [0.25, 0.3) is 11.0 Å². The van der Waals surface area contributed by atoms with E-state index in [4.69, 9.17) is 19.0 Å². The SMILES string of the molecule is COc1cc(/C=N/NC(=O)c2cc3cc(Br)ccc3o2)cc(Br)c1OCc1cccc(C(=O)O)c1. The smallest absolute Gasteiger partial charge is 0.335 e. The highest BCUT2D eigenvalue weighted by molar-refractivity contribution is 9.10. The number of furan rings is 1. The third kappa shape index (κ3) is 5.90. The van der Waals surface area contributed by atoms with Crippen molar-refractivity contribution in [1.82, 2.24) is 5.43 Å². The molecular weight excluding hydrogens is 584 g/mol. The van der Waals surface area contributed by atoms with E-state index in [0.717, 1.165) is 9.86 Å². The molecule has 178 valence electrons. The summed E-state index contributed by atoms with van der Waals surface area (Å²) in [5.74, 6) is -0.463. The molecule has 1 amide bonds. The van der Waals surface area contributed by atoms with E-state index >= 15 is 0 Å². The van der Waals surface area contributed by atoms with Crippen LogP contribution in [0.2, 0.25) is 0 Å². The Morgan fingerprint density at radius 2 is 1.94 bits per heavy atom. The number of halogens is 2. The van der Waals surface area contributed by atoms with Crippen molar-refractivity contribution in [2.24, 2.45) is 5.10 Å². The van der Waals surface area contributed by atoms with Gasteiger partial charge in [-0.05, 0) is 75.6 Å². The molecule has 0 aliphatic heterocycles. The number of carbonyl (C=O) groups is 2. The summed E-state index contributed by atoms with van der Waals surface area (Å²) in [5, 5.41) is 14.0. The van der Waals surface area contributed by atoms with Crippen LogP contribution >= 0.6 is 31.9 Å². The average Bonchev–Trinajstić information content (AvgIpc) is 3.26. The van der Waals surface area contributed by atoms with Crippen LogP contribution in [-0.2, 0) is 6.61 Å². The summed E-state index contributed by atoms with van der Waals surface area (Å²) in [6, 6.07) is 17.0. The predicted molar refractivity (Wildman–Crippen MR) is 137 cm³/mol. The Labute approximate surface area is 216 Å². The van der Waals surface area contributed by atoms with Crippen molar-refractivity contribution in [2.45, 2.75) is 6.61 Å². The average molecular weight is 602 g/mol. The highest BCUT2D eigenvalue weighted by atomic mass is 79.9. The quantitative estimate of drug-likeness (QED) is 0.189. The molecule has 4 aromatic rings. The Morgan fingerprint density at radius 1 is 1.11 bits per heavy atom. The fraction of sp³-hybridized carbons (Fsp3) is 0.0800. The fourth-order valence-corrected chi connectivity index (χ4v) is 4.20. The molecule has 0 bridgehead atoms. The number of hydrogen-bond donors (Lipinski definition) is 2. The van der Waals surface area contributed by atoms with Gasteiger partial charge in [0.2, 0.25) is 0 Å². The van der Waals surface area contributed by atoms with Crippen LogP contribution in [-0.4, -0.2) is 30.3 Å². The number of carboxylic acids is 1. The molecule has 0 saturated heterocycles. The van der Waals surface area contributed by atoms with Gasteiger partial charge in [-0.2, -0.15) is 5.10 Å². The number of nitrogens with one attached hydrogen (secondary N) is 1. The number of carbonyl (C=O) groups excluding carboxylic acids is 1. The van der Waals surface area contributed by atoms with Crippen molar-refractivity contribution in [3.05, 3.63) is 92.1 Å². The third-order valence-electron chi connectivity index (χ3n) is 4.89. The molecule has 0 spiro atoms. The van der Waals surface area contributed by atoms with Gasteiger partial charge < -0.3 is 19.0 Å². The summed E-state index contributed by atoms with van der Waals surface area (Å²) in [6.07, 6.45) is 1.46. The highest BCUT2D eigenvalue weighted by Gasteiger charge is 2.14. The number of ether oxygens (including phenoxy) is 2. The maximum absolute atomic E-state index is 12.4. The van der Waals surface area contributed by atoms with E-state index in [1.165, 1.54) is 19.4 Å². The second-order valence-electron chi connectivity index (χ2n) is 7.32. The van der Waals surface area contributed by atoms with Crippen molar-refractivity contribution in [1.29, 1.82) is 0 Å². The number of methoxy groups -OCH3 is 1. The van der Waals surface area contributed by atoms with Crippen LogP contribution in [0.15, 0.2) is 79.1 Å². The lowest BCUT2D eigenvalue weighted by Gasteiger charge is -2.13. The van der Waals surface area contributed by atoms with Gasteiger partial charge >= 0.3 is 11.9 Å². The van der Waals surface area contributed by atoms with Gasteiger partial charge in [-0.1, -0.05) is 28.1 Å². The molecule has 3 aromatic carbocycles. The molecule has 2 N–H and O–H groups in total. The fourth-order valence-electron chi connectivity index (χ4n) is 3.25. The normalized spacial score (nSPS) is 11.1. The summed E-state index contributed by atoms with van der Waals surface area (Å²) in [5.41, 5.74) is 4.57. The summed E-state index contributed by atoms with van der Waals surface area (Å²) < 4.78 is 18.4. The first kappa shape index (κ1) is 24.5. The molecule has 4 rings (SSSR count). The second-order valence-corrected chi connectivity index (χ2v) is 9.09. The topological polar surface area (TPSA) is 110 Å². The maximum atomic E-state index is 12.4. The van der Waals surface area contributed by atoms with E-state index in [9.17, 15) is 9.59 Å². The number of benzene rings is 3. The third-order valence-corrected chi connectivity index (χ3v) is 5.97. The van der Waals surface area contributed by atoms with E-state index in [0.29, 0.717) is 32.7 Å². The van der Waals surface area contributed by atoms with Crippen molar-refractivity contribution in [2.75, 3.05) is 7.11 Å². The first-order valence-corrected chi connectivity index (χ1v) is 11.8. The summed E-state index contributed by atoms with van der Waals surface area (Å²) in [4.78, 5) is 23.6. The molecule has 0 radical (unpaired) electrons. The Balaban J connectivity index is 1.44. The number of carboxylic acid groups (broad SMARTS) is 1. The maximum Gasteiger partial charge on any atom is 0.335 e. The van der Waals surface area contributed by atoms with E-state index < -0.39 is 11.9 Å². The molecule has 0 aliphatic rings. The first-order valence-electron chi connectivity index (χ1n) is 10.2. The van der Waals surface area contributed by atoms with Crippen LogP contribution in [0, 0.1) is 0 Å². The van der Waals surface area contributed by atoms with Gasteiger partial charge in [0.25, 0.3) is 0 Å². The zero-order valence-electron chi connectivity index (χ0n) is 18.2. The van der Waals surface area contributed by atoms with E-state index in [-0.39, 0.29) is 17.9 Å². The van der Waals surface area contributed by atoms with Gasteiger partial charge in [0, 0.05) is 9.86 Å². The van der Waals surface area contributed by atoms with Crippen LogP contribution in [0.5, 0.6) is 11.5 Å². The second kappa shape index (κ2) is 10.7. The minimum Gasteiger partial charge on any atom is -0.493 e. The zero-order chi connectivity index (χ0) is 24.9.